The lowest BCUT2D eigenvalue weighted by molar-refractivity contribution is -0.138. The second-order valence-electron chi connectivity index (χ2n) is 5.95. The van der Waals surface area contributed by atoms with Gasteiger partial charge in [0.05, 0.1) is 17.7 Å². The number of aliphatic carboxylic acids is 1. The van der Waals surface area contributed by atoms with Crippen molar-refractivity contribution in [3.8, 4) is 11.5 Å². The van der Waals surface area contributed by atoms with Crippen molar-refractivity contribution < 1.29 is 19.1 Å². The number of aryl methyl sites for hydroxylation is 2. The fraction of sp³-hybridized carbons (Fsp3) is 0.222. The maximum absolute atomic E-state index is 12.3. The third-order valence-electron chi connectivity index (χ3n) is 3.93. The summed E-state index contributed by atoms with van der Waals surface area (Å²) in [5.41, 5.74) is 2.39. The molecular formula is C18H18N4O4. The number of oxazole rings is 1. The van der Waals surface area contributed by atoms with Gasteiger partial charge >= 0.3 is 5.97 Å². The van der Waals surface area contributed by atoms with Gasteiger partial charge in [-0.25, -0.2) is 4.98 Å². The van der Waals surface area contributed by atoms with Crippen LogP contribution in [0.15, 0.2) is 47.3 Å². The Balaban J connectivity index is 1.68. The van der Waals surface area contributed by atoms with Crippen molar-refractivity contribution >= 4 is 11.9 Å². The summed E-state index contributed by atoms with van der Waals surface area (Å²) in [6.45, 7) is 1.87. The van der Waals surface area contributed by atoms with E-state index in [4.69, 9.17) is 4.42 Å². The summed E-state index contributed by atoms with van der Waals surface area (Å²) in [6.07, 6.45) is 4.52. The van der Waals surface area contributed by atoms with E-state index in [0.29, 0.717) is 11.1 Å². The maximum atomic E-state index is 12.3. The molecule has 2 N–H and O–H groups in total. The first-order chi connectivity index (χ1) is 12.4. The fourth-order valence-electron chi connectivity index (χ4n) is 2.47. The number of nitrogens with one attached hydrogen (secondary N) is 1. The Morgan fingerprint density at radius 1 is 1.31 bits per heavy atom. The minimum absolute atomic E-state index is 0.0493. The smallest absolute Gasteiger partial charge is 0.312 e. The Kier molecular flexibility index (Phi) is 4.83. The van der Waals surface area contributed by atoms with E-state index in [2.05, 4.69) is 15.4 Å². The van der Waals surface area contributed by atoms with Crippen LogP contribution >= 0.6 is 0 Å². The van der Waals surface area contributed by atoms with Crippen LogP contribution < -0.4 is 5.32 Å². The molecule has 0 saturated heterocycles. The lowest BCUT2D eigenvalue weighted by Crippen LogP contribution is -2.31. The van der Waals surface area contributed by atoms with Crippen molar-refractivity contribution in [3.05, 3.63) is 59.7 Å². The zero-order valence-corrected chi connectivity index (χ0v) is 14.3. The summed E-state index contributed by atoms with van der Waals surface area (Å²) >= 11 is 0. The van der Waals surface area contributed by atoms with Gasteiger partial charge in [-0.15, -0.1) is 0 Å². The highest BCUT2D eigenvalue weighted by molar-refractivity contribution is 5.92. The van der Waals surface area contributed by atoms with Crippen LogP contribution in [0.1, 0.15) is 27.5 Å². The average Bonchev–Trinajstić information content (AvgIpc) is 3.25. The molecule has 0 aliphatic heterocycles. The van der Waals surface area contributed by atoms with Crippen molar-refractivity contribution in [2.24, 2.45) is 7.05 Å². The summed E-state index contributed by atoms with van der Waals surface area (Å²) in [6, 6.07) is 7.17. The molecule has 134 valence electrons. The number of carbonyl (C=O) groups is 2. The number of carboxylic acid groups (broad SMARTS) is 1. The largest absolute Gasteiger partial charge is 0.481 e. The van der Waals surface area contributed by atoms with Gasteiger partial charge in [-0.05, 0) is 12.5 Å². The predicted molar refractivity (Wildman–Crippen MR) is 92.6 cm³/mol. The highest BCUT2D eigenvalue weighted by Crippen LogP contribution is 2.18. The quantitative estimate of drug-likeness (QED) is 0.700. The maximum Gasteiger partial charge on any atom is 0.312 e. The van der Waals surface area contributed by atoms with E-state index < -0.39 is 17.8 Å². The zero-order chi connectivity index (χ0) is 18.7. The molecule has 8 nitrogen and oxygen atoms in total. The molecule has 0 fully saturated rings. The van der Waals surface area contributed by atoms with Gasteiger partial charge in [-0.3, -0.25) is 14.3 Å². The fourth-order valence-corrected chi connectivity index (χ4v) is 2.47. The molecule has 0 radical (unpaired) electrons. The number of carbonyl (C=O) groups excluding carboxylic acids is 1. The number of rotatable bonds is 6. The topological polar surface area (TPSA) is 110 Å². The second kappa shape index (κ2) is 7.22. The van der Waals surface area contributed by atoms with Gasteiger partial charge in [-0.2, -0.15) is 5.10 Å². The third kappa shape index (κ3) is 3.80. The molecule has 2 aromatic heterocycles. The summed E-state index contributed by atoms with van der Waals surface area (Å²) in [4.78, 5) is 27.9. The molecule has 0 bridgehead atoms. The molecule has 1 unspecified atom stereocenters. The summed E-state index contributed by atoms with van der Waals surface area (Å²) < 4.78 is 6.89. The van der Waals surface area contributed by atoms with Crippen LogP contribution in [0.4, 0.5) is 0 Å². The van der Waals surface area contributed by atoms with Crippen molar-refractivity contribution in [3.63, 3.8) is 0 Å². The first-order valence-corrected chi connectivity index (χ1v) is 7.96. The molecule has 0 saturated carbocycles. The Morgan fingerprint density at radius 2 is 2.04 bits per heavy atom. The van der Waals surface area contributed by atoms with E-state index in [9.17, 15) is 14.7 Å². The average molecular weight is 354 g/mol. The molecule has 1 amide bonds. The number of aromatic nitrogens is 3. The van der Waals surface area contributed by atoms with Crippen LogP contribution in [0.5, 0.6) is 0 Å². The summed E-state index contributed by atoms with van der Waals surface area (Å²) in [5, 5.41) is 16.1. The highest BCUT2D eigenvalue weighted by atomic mass is 16.4. The van der Waals surface area contributed by atoms with Crippen LogP contribution in [-0.2, 0) is 11.8 Å². The van der Waals surface area contributed by atoms with E-state index in [-0.39, 0.29) is 18.1 Å². The monoisotopic (exact) mass is 354 g/mol. The van der Waals surface area contributed by atoms with Gasteiger partial charge in [0.2, 0.25) is 5.89 Å². The molecule has 3 aromatic rings. The first kappa shape index (κ1) is 17.4. The molecule has 26 heavy (non-hydrogen) atoms. The molecule has 1 aromatic carbocycles. The number of benzene rings is 1. The Morgan fingerprint density at radius 3 is 2.65 bits per heavy atom. The molecule has 8 heteroatoms. The van der Waals surface area contributed by atoms with Crippen LogP contribution in [-0.4, -0.2) is 38.3 Å². The molecule has 0 spiro atoms. The number of hydrogen-bond acceptors (Lipinski definition) is 5. The molecule has 0 aliphatic rings. The lowest BCUT2D eigenvalue weighted by atomic mass is 9.98. The summed E-state index contributed by atoms with van der Waals surface area (Å²) in [7, 11) is 1.76. The first-order valence-electron chi connectivity index (χ1n) is 7.96. The van der Waals surface area contributed by atoms with Gasteiger partial charge in [-0.1, -0.05) is 29.8 Å². The zero-order valence-electron chi connectivity index (χ0n) is 14.3. The van der Waals surface area contributed by atoms with E-state index in [1.807, 2.05) is 19.1 Å². The van der Waals surface area contributed by atoms with Crippen LogP contribution in [0, 0.1) is 6.92 Å². The molecule has 0 aliphatic carbocycles. The van der Waals surface area contributed by atoms with Crippen LogP contribution in [0.25, 0.3) is 11.5 Å². The third-order valence-corrected chi connectivity index (χ3v) is 3.93. The van der Waals surface area contributed by atoms with Gasteiger partial charge in [0.25, 0.3) is 5.91 Å². The Labute approximate surface area is 149 Å². The van der Waals surface area contributed by atoms with Gasteiger partial charge < -0.3 is 14.8 Å². The lowest BCUT2D eigenvalue weighted by Gasteiger charge is -2.13. The number of carboxylic acids is 1. The van der Waals surface area contributed by atoms with Crippen molar-refractivity contribution in [2.75, 3.05) is 6.54 Å². The normalized spacial score (nSPS) is 11.9. The van der Waals surface area contributed by atoms with Crippen molar-refractivity contribution in [1.29, 1.82) is 0 Å². The SMILES string of the molecule is Cc1ccc(C(CNC(=O)c2coc(-c3cnn(C)c3)n2)C(=O)O)cc1. The van der Waals surface area contributed by atoms with Gasteiger partial charge in [0.15, 0.2) is 5.69 Å². The van der Waals surface area contributed by atoms with E-state index >= 15 is 0 Å². The standard InChI is InChI=1S/C18H18N4O4/c1-11-3-5-12(6-4-11)14(18(24)25)8-19-16(23)15-10-26-17(21-15)13-7-20-22(2)9-13/h3-7,9-10,14H,8H2,1-2H3,(H,19,23)(H,24,25). The minimum Gasteiger partial charge on any atom is -0.481 e. The Hall–Kier alpha value is -3.42. The number of hydrogen-bond donors (Lipinski definition) is 2. The molecule has 3 rings (SSSR count). The van der Waals surface area contributed by atoms with E-state index in [1.165, 1.54) is 6.26 Å². The Bertz CT molecular complexity index is 927. The number of nitrogens with zero attached hydrogens (tertiary/aromatic N) is 3. The van der Waals surface area contributed by atoms with Crippen LogP contribution in [0.2, 0.25) is 0 Å². The summed E-state index contributed by atoms with van der Waals surface area (Å²) in [5.74, 6) is -2.08. The molecular weight excluding hydrogens is 336 g/mol. The van der Waals surface area contributed by atoms with Crippen molar-refractivity contribution in [2.45, 2.75) is 12.8 Å². The second-order valence-corrected chi connectivity index (χ2v) is 5.95. The van der Waals surface area contributed by atoms with E-state index in [1.54, 1.807) is 36.3 Å². The van der Waals surface area contributed by atoms with Crippen LogP contribution in [0.3, 0.4) is 0 Å². The molecule has 1 atom stereocenters. The van der Waals surface area contributed by atoms with Gasteiger partial charge in [0.1, 0.15) is 6.26 Å². The number of amides is 1. The van der Waals surface area contributed by atoms with Gasteiger partial charge in [0, 0.05) is 19.8 Å². The van der Waals surface area contributed by atoms with Crippen molar-refractivity contribution in [1.82, 2.24) is 20.1 Å². The van der Waals surface area contributed by atoms with E-state index in [0.717, 1.165) is 5.56 Å². The highest BCUT2D eigenvalue weighted by Gasteiger charge is 2.22. The predicted octanol–water partition coefficient (Wildman–Crippen LogP) is 1.98. The minimum atomic E-state index is -1.01. The molecule has 2 heterocycles.